The quantitative estimate of drug-likeness (QED) is 0.433. The summed E-state index contributed by atoms with van der Waals surface area (Å²) in [5.74, 6) is -0.420. The topological polar surface area (TPSA) is 66.5 Å². The highest BCUT2D eigenvalue weighted by atomic mass is 35.5. The number of benzene rings is 3. The molecule has 0 spiro atoms. The van der Waals surface area contributed by atoms with Gasteiger partial charge in [0.25, 0.3) is 11.8 Å². The van der Waals surface area contributed by atoms with Crippen LogP contribution < -0.4 is 10.2 Å². The van der Waals surface area contributed by atoms with Gasteiger partial charge in [0.2, 0.25) is 0 Å². The lowest BCUT2D eigenvalue weighted by Crippen LogP contribution is -2.35. The molecule has 1 N–H and O–H groups in total. The van der Waals surface area contributed by atoms with Crippen LogP contribution >= 0.6 is 11.6 Å². The van der Waals surface area contributed by atoms with Crippen LogP contribution in [0.4, 0.5) is 5.69 Å². The number of halogens is 1. The number of rotatable bonds is 4. The van der Waals surface area contributed by atoms with Gasteiger partial charge in [-0.3, -0.25) is 9.59 Å². The fourth-order valence-electron chi connectivity index (χ4n) is 4.87. The zero-order valence-electron chi connectivity index (χ0n) is 19.3. The first-order valence-electron chi connectivity index (χ1n) is 12.0. The van der Waals surface area contributed by atoms with Crippen LogP contribution in [0.5, 0.6) is 0 Å². The Kier molecular flexibility index (Phi) is 7.02. The van der Waals surface area contributed by atoms with E-state index in [4.69, 9.17) is 11.6 Å². The van der Waals surface area contributed by atoms with Gasteiger partial charge in [-0.25, -0.2) is 4.21 Å². The minimum absolute atomic E-state index is 0.159. The van der Waals surface area contributed by atoms with Gasteiger partial charge >= 0.3 is 0 Å². The molecule has 5 rings (SSSR count). The fraction of sp³-hybridized carbons (Fsp3) is 0.286. The van der Waals surface area contributed by atoms with E-state index in [2.05, 4.69) is 5.32 Å². The Morgan fingerprint density at radius 2 is 1.71 bits per heavy atom. The number of anilines is 1. The Hall–Kier alpha value is -2.96. The molecule has 1 heterocycles. The van der Waals surface area contributed by atoms with Crippen molar-refractivity contribution in [2.24, 2.45) is 0 Å². The van der Waals surface area contributed by atoms with E-state index in [-0.39, 0.29) is 24.4 Å². The third-order valence-corrected chi connectivity index (χ3v) is 8.43. The zero-order chi connectivity index (χ0) is 24.4. The van der Waals surface area contributed by atoms with E-state index >= 15 is 0 Å². The van der Waals surface area contributed by atoms with Crippen molar-refractivity contribution < 1.29 is 13.8 Å². The lowest BCUT2D eigenvalue weighted by Gasteiger charge is -2.24. The maximum atomic E-state index is 13.7. The summed E-state index contributed by atoms with van der Waals surface area (Å²) in [4.78, 5) is 29.5. The molecular formula is C28H27ClN2O3S. The maximum absolute atomic E-state index is 13.7. The molecule has 1 aliphatic carbocycles. The molecule has 1 aliphatic heterocycles. The van der Waals surface area contributed by atoms with Crippen molar-refractivity contribution in [1.82, 2.24) is 5.32 Å². The second-order valence-electron chi connectivity index (χ2n) is 9.13. The van der Waals surface area contributed by atoms with E-state index in [1.165, 1.54) is 12.8 Å². The van der Waals surface area contributed by atoms with Crippen molar-refractivity contribution in [2.75, 3.05) is 4.90 Å². The summed E-state index contributed by atoms with van der Waals surface area (Å²) in [7, 11) is -1.56. The van der Waals surface area contributed by atoms with Crippen molar-refractivity contribution in [3.05, 3.63) is 88.4 Å². The number of hydrogen-bond acceptors (Lipinski definition) is 3. The highest BCUT2D eigenvalue weighted by Gasteiger charge is 2.31. The van der Waals surface area contributed by atoms with E-state index in [0.29, 0.717) is 31.6 Å². The predicted molar refractivity (Wildman–Crippen MR) is 138 cm³/mol. The van der Waals surface area contributed by atoms with Crippen molar-refractivity contribution >= 4 is 39.9 Å². The Morgan fingerprint density at radius 3 is 2.49 bits per heavy atom. The fourth-order valence-corrected chi connectivity index (χ4v) is 6.43. The molecule has 1 fully saturated rings. The Labute approximate surface area is 212 Å². The van der Waals surface area contributed by atoms with Gasteiger partial charge in [0.05, 0.1) is 38.4 Å². The first kappa shape index (κ1) is 23.8. The number of hydrogen-bond donors (Lipinski definition) is 1. The van der Waals surface area contributed by atoms with Gasteiger partial charge < -0.3 is 10.2 Å². The lowest BCUT2D eigenvalue weighted by atomic mass is 10.1. The Morgan fingerprint density at radius 1 is 0.943 bits per heavy atom. The van der Waals surface area contributed by atoms with Crippen LogP contribution in [-0.2, 0) is 17.3 Å². The summed E-state index contributed by atoms with van der Waals surface area (Å²) in [6.45, 7) is 0.242. The summed E-state index contributed by atoms with van der Waals surface area (Å²) in [5.41, 5.74) is 2.18. The number of carbonyl (C=O) groups excluding carboxylic acids is 2. The summed E-state index contributed by atoms with van der Waals surface area (Å²) < 4.78 is 13.6. The molecule has 2 amide bonds. The molecule has 0 radical (unpaired) electrons. The number of fused-ring (bicyclic) bond motifs is 2. The maximum Gasteiger partial charge on any atom is 0.259 e. The molecule has 1 saturated carbocycles. The van der Waals surface area contributed by atoms with Crippen molar-refractivity contribution in [3.8, 4) is 0 Å². The molecule has 35 heavy (non-hydrogen) atoms. The summed E-state index contributed by atoms with van der Waals surface area (Å²) >= 11 is 6.20. The summed E-state index contributed by atoms with van der Waals surface area (Å²) in [5, 5.41) is 3.75. The normalized spacial score (nSPS) is 18.3. The highest BCUT2D eigenvalue weighted by Crippen LogP contribution is 2.36. The van der Waals surface area contributed by atoms with E-state index in [1.807, 2.05) is 18.2 Å². The first-order chi connectivity index (χ1) is 17.0. The van der Waals surface area contributed by atoms with Crippen LogP contribution in [0, 0.1) is 0 Å². The van der Waals surface area contributed by atoms with Gasteiger partial charge in [-0.1, -0.05) is 61.5 Å². The molecule has 1 atom stereocenters. The molecule has 3 aromatic carbocycles. The average Bonchev–Trinajstić information content (AvgIpc) is 3.18. The monoisotopic (exact) mass is 506 g/mol. The van der Waals surface area contributed by atoms with Crippen molar-refractivity contribution in [1.29, 1.82) is 0 Å². The molecule has 180 valence electrons. The standard InChI is InChI=1S/C28H27ClN2O3S/c29-21-9-7-8-19(16-21)18-31-24-17-20(27(32)30-22-10-3-1-2-4-11-22)14-15-26(24)35(34)25-13-6-5-12-23(25)28(31)33/h5-9,12-17,22H,1-4,10-11,18H2,(H,30,32)/t35-/m1/s1. The van der Waals surface area contributed by atoms with Crippen LogP contribution in [-0.4, -0.2) is 22.1 Å². The second-order valence-corrected chi connectivity index (χ2v) is 11.0. The molecule has 3 aromatic rings. The third kappa shape index (κ3) is 5.04. The number of amides is 2. The lowest BCUT2D eigenvalue weighted by molar-refractivity contribution is 0.0931. The minimum Gasteiger partial charge on any atom is -0.349 e. The molecule has 0 aromatic heterocycles. The van der Waals surface area contributed by atoms with E-state index in [0.717, 1.165) is 31.2 Å². The third-order valence-electron chi connectivity index (χ3n) is 6.69. The van der Waals surface area contributed by atoms with Crippen LogP contribution in [0.15, 0.2) is 76.5 Å². The minimum atomic E-state index is -1.56. The molecule has 0 saturated heterocycles. The zero-order valence-corrected chi connectivity index (χ0v) is 20.9. The number of nitrogens with one attached hydrogen (secondary N) is 1. The molecule has 0 bridgehead atoms. The highest BCUT2D eigenvalue weighted by molar-refractivity contribution is 7.85. The van der Waals surface area contributed by atoms with Gasteiger partial charge in [0.1, 0.15) is 0 Å². The smallest absolute Gasteiger partial charge is 0.259 e. The Balaban J connectivity index is 1.55. The summed E-state index contributed by atoms with van der Waals surface area (Å²) in [6, 6.07) is 19.6. The average molecular weight is 507 g/mol. The van der Waals surface area contributed by atoms with Crippen molar-refractivity contribution in [3.63, 3.8) is 0 Å². The van der Waals surface area contributed by atoms with Crippen LogP contribution in [0.25, 0.3) is 0 Å². The van der Waals surface area contributed by atoms with E-state index < -0.39 is 10.8 Å². The largest absolute Gasteiger partial charge is 0.349 e. The van der Waals surface area contributed by atoms with E-state index in [1.54, 1.807) is 53.4 Å². The SMILES string of the molecule is O=C(NC1CCCCCC1)c1ccc2c(c1)N(Cc1cccc(Cl)c1)C(=O)c1ccccc1[S@]2=O. The summed E-state index contributed by atoms with van der Waals surface area (Å²) in [6.07, 6.45) is 6.61. The Bertz CT molecular complexity index is 1300. The van der Waals surface area contributed by atoms with Gasteiger partial charge in [-0.05, 0) is 60.9 Å². The van der Waals surface area contributed by atoms with Gasteiger partial charge in [0, 0.05) is 16.6 Å². The predicted octanol–water partition coefficient (Wildman–Crippen LogP) is 6.12. The number of carbonyl (C=O) groups is 2. The van der Waals surface area contributed by atoms with Gasteiger partial charge in [0.15, 0.2) is 0 Å². The van der Waals surface area contributed by atoms with Crippen LogP contribution in [0.1, 0.15) is 64.8 Å². The molecule has 7 heteroatoms. The van der Waals surface area contributed by atoms with Crippen LogP contribution in [0.3, 0.4) is 0 Å². The molecular weight excluding hydrogens is 480 g/mol. The van der Waals surface area contributed by atoms with Crippen LogP contribution in [0.2, 0.25) is 5.02 Å². The molecule has 0 unspecified atom stereocenters. The molecule has 5 nitrogen and oxygen atoms in total. The van der Waals surface area contributed by atoms with E-state index in [9.17, 15) is 13.8 Å². The second kappa shape index (κ2) is 10.3. The van der Waals surface area contributed by atoms with Gasteiger partial charge in [-0.2, -0.15) is 0 Å². The van der Waals surface area contributed by atoms with Gasteiger partial charge in [-0.15, -0.1) is 0 Å². The van der Waals surface area contributed by atoms with Crippen molar-refractivity contribution in [2.45, 2.75) is 60.9 Å². The molecule has 2 aliphatic rings. The first-order valence-corrected chi connectivity index (χ1v) is 13.6. The number of nitrogens with zero attached hydrogens (tertiary/aromatic N) is 1.